The highest BCUT2D eigenvalue weighted by Crippen LogP contribution is 2.25. The molecule has 166 valence electrons. The molecule has 5 rings (SSSR count). The maximum absolute atomic E-state index is 13.4. The van der Waals surface area contributed by atoms with E-state index in [4.69, 9.17) is 0 Å². The van der Waals surface area contributed by atoms with Gasteiger partial charge in [0.1, 0.15) is 5.82 Å². The lowest BCUT2D eigenvalue weighted by atomic mass is 10.1. The van der Waals surface area contributed by atoms with Gasteiger partial charge >= 0.3 is 0 Å². The third-order valence-electron chi connectivity index (χ3n) is 5.68. The van der Waals surface area contributed by atoms with E-state index in [0.29, 0.717) is 22.3 Å². The molecule has 0 spiro atoms. The van der Waals surface area contributed by atoms with Crippen LogP contribution in [-0.4, -0.2) is 49.4 Å². The van der Waals surface area contributed by atoms with Crippen molar-refractivity contribution in [2.75, 3.05) is 18.4 Å². The number of pyridine rings is 3. The lowest BCUT2D eigenvalue weighted by Crippen LogP contribution is -2.35. The second-order valence-electron chi connectivity index (χ2n) is 7.93. The first-order chi connectivity index (χ1) is 16.1. The number of carbonyl (C=O) groups is 2. The van der Waals surface area contributed by atoms with E-state index in [-0.39, 0.29) is 11.5 Å². The lowest BCUT2D eigenvalue weighted by molar-refractivity contribution is 0.0726. The highest BCUT2D eigenvalue weighted by atomic mass is 19.1. The highest BCUT2D eigenvalue weighted by molar-refractivity contribution is 6.04. The van der Waals surface area contributed by atoms with E-state index in [9.17, 15) is 14.0 Å². The quantitative estimate of drug-likeness (QED) is 0.517. The Labute approximate surface area is 189 Å². The monoisotopic (exact) mass is 444 g/mol. The molecule has 1 aliphatic heterocycles. The minimum absolute atomic E-state index is 0.00954. The van der Waals surface area contributed by atoms with Crippen LogP contribution in [0.4, 0.5) is 10.1 Å². The molecule has 0 unspecified atom stereocenters. The van der Waals surface area contributed by atoms with Gasteiger partial charge in [-0.15, -0.1) is 0 Å². The van der Waals surface area contributed by atoms with Crippen LogP contribution in [0.2, 0.25) is 0 Å². The van der Waals surface area contributed by atoms with Crippen LogP contribution in [-0.2, 0) is 0 Å². The molecule has 33 heavy (non-hydrogen) atoms. The fourth-order valence-electron chi connectivity index (χ4n) is 4.05. The van der Waals surface area contributed by atoms with Gasteiger partial charge in [-0.2, -0.15) is 5.10 Å². The number of piperidine rings is 1. The summed E-state index contributed by atoms with van der Waals surface area (Å²) in [5, 5.41) is 7.17. The van der Waals surface area contributed by atoms with Crippen molar-refractivity contribution in [3.63, 3.8) is 0 Å². The molecule has 0 aromatic carbocycles. The number of aromatic nitrogens is 4. The van der Waals surface area contributed by atoms with Gasteiger partial charge < -0.3 is 10.2 Å². The zero-order valence-electron chi connectivity index (χ0n) is 17.7. The third kappa shape index (κ3) is 4.17. The summed E-state index contributed by atoms with van der Waals surface area (Å²) in [6, 6.07) is 8.46. The van der Waals surface area contributed by atoms with Crippen LogP contribution in [0.25, 0.3) is 16.8 Å². The van der Waals surface area contributed by atoms with Crippen LogP contribution >= 0.6 is 0 Å². The molecular weight excluding hydrogens is 423 g/mol. The van der Waals surface area contributed by atoms with Gasteiger partial charge in [-0.05, 0) is 43.5 Å². The number of hydrogen-bond donors (Lipinski definition) is 1. The van der Waals surface area contributed by atoms with Crippen LogP contribution < -0.4 is 5.32 Å². The average Bonchev–Trinajstić information content (AvgIpc) is 3.28. The van der Waals surface area contributed by atoms with Gasteiger partial charge in [-0.1, -0.05) is 6.07 Å². The van der Waals surface area contributed by atoms with Crippen molar-refractivity contribution in [3.8, 4) is 11.3 Å². The Morgan fingerprint density at radius 3 is 2.58 bits per heavy atom. The number of carbonyl (C=O) groups excluding carboxylic acids is 2. The van der Waals surface area contributed by atoms with Crippen molar-refractivity contribution in [2.45, 2.75) is 19.3 Å². The molecule has 9 heteroatoms. The van der Waals surface area contributed by atoms with Gasteiger partial charge in [-0.3, -0.25) is 19.6 Å². The lowest BCUT2D eigenvalue weighted by Gasteiger charge is -2.26. The van der Waals surface area contributed by atoms with Crippen molar-refractivity contribution in [3.05, 3.63) is 78.3 Å². The Hall–Kier alpha value is -4.14. The maximum atomic E-state index is 13.4. The first-order valence-electron chi connectivity index (χ1n) is 10.7. The molecule has 1 N–H and O–H groups in total. The molecule has 0 bridgehead atoms. The summed E-state index contributed by atoms with van der Waals surface area (Å²) in [6.45, 7) is 1.53. The molecule has 0 atom stereocenters. The van der Waals surface area contributed by atoms with Crippen LogP contribution in [0, 0.1) is 5.82 Å². The average molecular weight is 444 g/mol. The second-order valence-corrected chi connectivity index (χ2v) is 7.93. The highest BCUT2D eigenvalue weighted by Gasteiger charge is 2.22. The fourth-order valence-corrected chi connectivity index (χ4v) is 4.05. The molecule has 1 saturated heterocycles. The van der Waals surface area contributed by atoms with E-state index >= 15 is 0 Å². The molecule has 4 aromatic rings. The smallest absolute Gasteiger partial charge is 0.257 e. The molecule has 8 nitrogen and oxygen atoms in total. The number of rotatable bonds is 4. The number of hydrogen-bond acceptors (Lipinski definition) is 5. The molecular formula is C24H21FN6O2. The van der Waals surface area contributed by atoms with E-state index in [1.54, 1.807) is 23.0 Å². The van der Waals surface area contributed by atoms with Crippen molar-refractivity contribution in [1.29, 1.82) is 0 Å². The normalized spacial score (nSPS) is 13.8. The summed E-state index contributed by atoms with van der Waals surface area (Å²) < 4.78 is 15.1. The van der Waals surface area contributed by atoms with Crippen LogP contribution in [0.5, 0.6) is 0 Å². The molecule has 1 fully saturated rings. The Balaban J connectivity index is 1.44. The summed E-state index contributed by atoms with van der Waals surface area (Å²) >= 11 is 0. The second kappa shape index (κ2) is 8.78. The van der Waals surface area contributed by atoms with Crippen LogP contribution in [0.1, 0.15) is 40.0 Å². The van der Waals surface area contributed by atoms with Crippen molar-refractivity contribution in [1.82, 2.24) is 24.5 Å². The Bertz CT molecular complexity index is 1350. The van der Waals surface area contributed by atoms with E-state index in [1.165, 1.54) is 12.4 Å². The van der Waals surface area contributed by atoms with Gasteiger partial charge in [0, 0.05) is 31.0 Å². The van der Waals surface area contributed by atoms with Gasteiger partial charge in [-0.25, -0.2) is 8.91 Å². The van der Waals surface area contributed by atoms with Crippen LogP contribution in [0.3, 0.4) is 0 Å². The predicted molar refractivity (Wildman–Crippen MR) is 120 cm³/mol. The first-order valence-corrected chi connectivity index (χ1v) is 10.7. The van der Waals surface area contributed by atoms with E-state index in [0.717, 1.165) is 50.3 Å². The number of amides is 2. The number of fused-ring (bicyclic) bond motifs is 1. The van der Waals surface area contributed by atoms with Gasteiger partial charge in [0.05, 0.1) is 46.6 Å². The number of nitrogens with zero attached hydrogens (tertiary/aromatic N) is 5. The molecule has 4 aromatic heterocycles. The van der Waals surface area contributed by atoms with Gasteiger partial charge in [0.2, 0.25) is 0 Å². The minimum atomic E-state index is -0.588. The fraction of sp³-hybridized carbons (Fsp3) is 0.208. The van der Waals surface area contributed by atoms with E-state index in [2.05, 4.69) is 20.4 Å². The minimum Gasteiger partial charge on any atom is -0.339 e. The van der Waals surface area contributed by atoms with Crippen LogP contribution in [0.15, 0.2) is 61.3 Å². The SMILES string of the molecule is O=C(Nc1cncc(-c2cccc3c(C(=O)N4CCCCC4)cnn23)c1)c1cncc(F)c1. The zero-order chi connectivity index (χ0) is 22.8. The Morgan fingerprint density at radius 1 is 0.939 bits per heavy atom. The molecule has 2 amide bonds. The summed E-state index contributed by atoms with van der Waals surface area (Å²) in [7, 11) is 0. The molecule has 0 aliphatic carbocycles. The van der Waals surface area contributed by atoms with E-state index < -0.39 is 11.7 Å². The summed E-state index contributed by atoms with van der Waals surface area (Å²) in [5.74, 6) is -1.09. The van der Waals surface area contributed by atoms with Gasteiger partial charge in [0.15, 0.2) is 0 Å². The number of halogens is 1. The first kappa shape index (κ1) is 20.7. The summed E-state index contributed by atoms with van der Waals surface area (Å²) in [4.78, 5) is 35.3. The molecule has 0 radical (unpaired) electrons. The zero-order valence-corrected chi connectivity index (χ0v) is 17.7. The Morgan fingerprint density at radius 2 is 1.76 bits per heavy atom. The topological polar surface area (TPSA) is 92.5 Å². The van der Waals surface area contributed by atoms with Crippen molar-refractivity contribution >= 4 is 23.0 Å². The van der Waals surface area contributed by atoms with Crippen molar-refractivity contribution in [2.24, 2.45) is 0 Å². The van der Waals surface area contributed by atoms with E-state index in [1.807, 2.05) is 23.1 Å². The predicted octanol–water partition coefficient (Wildman–Crippen LogP) is 3.81. The number of anilines is 1. The van der Waals surface area contributed by atoms with Gasteiger partial charge in [0.25, 0.3) is 11.8 Å². The molecule has 1 aliphatic rings. The number of likely N-dealkylation sites (tertiary alicyclic amines) is 1. The molecule has 5 heterocycles. The largest absolute Gasteiger partial charge is 0.339 e. The maximum Gasteiger partial charge on any atom is 0.257 e. The van der Waals surface area contributed by atoms with Crippen molar-refractivity contribution < 1.29 is 14.0 Å². The number of nitrogens with one attached hydrogen (secondary N) is 1. The standard InChI is InChI=1S/C24H21FN6O2/c25-18-9-17(12-26-13-18)23(32)29-19-10-16(11-27-14-19)21-5-4-6-22-20(15-28-31(21)22)24(33)30-7-2-1-3-8-30/h4-6,9-15H,1-3,7-8H2,(H,29,32). The third-order valence-corrected chi connectivity index (χ3v) is 5.68. The Kier molecular flexibility index (Phi) is 5.52. The summed E-state index contributed by atoms with van der Waals surface area (Å²) in [6.07, 6.45) is 10.3. The summed E-state index contributed by atoms with van der Waals surface area (Å²) in [5.41, 5.74) is 3.25. The molecule has 0 saturated carbocycles.